The van der Waals surface area contributed by atoms with Gasteiger partial charge in [0.15, 0.2) is 0 Å². The van der Waals surface area contributed by atoms with E-state index in [1.54, 1.807) is 11.6 Å². The monoisotopic (exact) mass is 471 g/mol. The molecule has 2 N–H and O–H groups in total. The van der Waals surface area contributed by atoms with Crippen molar-refractivity contribution in [2.75, 3.05) is 12.8 Å². The molecule has 1 heterocycles. The first kappa shape index (κ1) is 26.1. The molecular weight excluding hydrogens is 450 g/mol. The van der Waals surface area contributed by atoms with Crippen LogP contribution in [-0.4, -0.2) is 38.5 Å². The van der Waals surface area contributed by atoms with Crippen molar-refractivity contribution in [1.29, 1.82) is 0 Å². The fraction of sp³-hybridized carbons (Fsp3) is 0.389. The van der Waals surface area contributed by atoms with E-state index in [2.05, 4.69) is 10.3 Å². The lowest BCUT2D eigenvalue weighted by Gasteiger charge is -2.21. The van der Waals surface area contributed by atoms with E-state index in [1.165, 1.54) is 36.5 Å². The quantitative estimate of drug-likeness (QED) is 0.548. The van der Waals surface area contributed by atoms with E-state index >= 15 is 0 Å². The fourth-order valence-electron chi connectivity index (χ4n) is 2.52. The number of nitrogens with one attached hydrogen (secondary N) is 2. The minimum Gasteiger partial charge on any atom is -0.488 e. The van der Waals surface area contributed by atoms with Gasteiger partial charge in [-0.05, 0) is 18.1 Å². The Morgan fingerprint density at radius 2 is 1.80 bits per heavy atom. The molecule has 1 aromatic heterocycles. The third-order valence-electron chi connectivity index (χ3n) is 3.75. The normalized spacial score (nSPS) is 13.9. The van der Waals surface area contributed by atoms with Gasteiger partial charge < -0.3 is 10.1 Å². The highest BCUT2D eigenvalue weighted by molar-refractivity contribution is 7.88. The van der Waals surface area contributed by atoms with Gasteiger partial charge >= 0.3 is 6.18 Å². The number of aromatic nitrogens is 1. The molecule has 168 valence electrons. The highest BCUT2D eigenvalue weighted by atomic mass is 35.5. The summed E-state index contributed by atoms with van der Waals surface area (Å²) in [6.07, 6.45) is -1.94. The molecule has 1 aromatic carbocycles. The van der Waals surface area contributed by atoms with Crippen molar-refractivity contribution in [2.45, 2.75) is 31.8 Å². The maximum Gasteiger partial charge on any atom is 0.408 e. The molecule has 0 saturated heterocycles. The van der Waals surface area contributed by atoms with Gasteiger partial charge in [-0.2, -0.15) is 17.9 Å². The first-order chi connectivity index (χ1) is 13.4. The number of benzene rings is 1. The average Bonchev–Trinajstić information content (AvgIpc) is 2.59. The summed E-state index contributed by atoms with van der Waals surface area (Å²) in [5, 5.41) is 3.08. The van der Waals surface area contributed by atoms with Crippen molar-refractivity contribution in [3.63, 3.8) is 0 Å². The van der Waals surface area contributed by atoms with Crippen molar-refractivity contribution < 1.29 is 30.7 Å². The van der Waals surface area contributed by atoms with Crippen LogP contribution >= 0.6 is 12.4 Å². The van der Waals surface area contributed by atoms with E-state index in [1.807, 2.05) is 0 Å². The molecule has 0 radical (unpaired) electrons. The first-order valence-electron chi connectivity index (χ1n) is 8.55. The molecule has 12 heteroatoms. The minimum atomic E-state index is -4.76. The molecule has 0 fully saturated rings. The molecule has 6 nitrogen and oxygen atoms in total. The summed E-state index contributed by atoms with van der Waals surface area (Å²) in [6.45, 7) is 2.52. The Morgan fingerprint density at radius 3 is 2.33 bits per heavy atom. The lowest BCUT2D eigenvalue weighted by atomic mass is 10.1. The Morgan fingerprint density at radius 1 is 1.17 bits per heavy atom. The second kappa shape index (κ2) is 10.9. The predicted molar refractivity (Wildman–Crippen MR) is 106 cm³/mol. The van der Waals surface area contributed by atoms with E-state index in [9.17, 15) is 26.0 Å². The van der Waals surface area contributed by atoms with Crippen molar-refractivity contribution in [2.24, 2.45) is 0 Å². The standard InChI is InChI=1S/C18H21F4N3O3S.ClH/c1-12(28-16-7-15(19)10-24-11-16)8-23-9-13-3-5-14(6-4-13)17(18(20,21)22)25-29(2,26)27;/h3-7,10-12,17,23,25H,8-9H2,1-2H3;1H/t12?,17-;/m0./s1. The largest absolute Gasteiger partial charge is 0.488 e. The summed E-state index contributed by atoms with van der Waals surface area (Å²) in [4.78, 5) is 3.68. The number of ether oxygens (including phenoxy) is 1. The summed E-state index contributed by atoms with van der Waals surface area (Å²) < 4.78 is 82.1. The van der Waals surface area contributed by atoms with E-state index < -0.39 is 28.1 Å². The molecule has 1 unspecified atom stereocenters. The zero-order chi connectivity index (χ0) is 21.7. The van der Waals surface area contributed by atoms with Gasteiger partial charge in [0.2, 0.25) is 10.0 Å². The average molecular weight is 472 g/mol. The molecule has 2 aromatic rings. The molecule has 0 spiro atoms. The van der Waals surface area contributed by atoms with Crippen LogP contribution in [0.1, 0.15) is 24.1 Å². The van der Waals surface area contributed by atoms with Gasteiger partial charge in [-0.25, -0.2) is 12.8 Å². The zero-order valence-electron chi connectivity index (χ0n) is 16.1. The van der Waals surface area contributed by atoms with Gasteiger partial charge in [0.25, 0.3) is 0 Å². The molecule has 0 aliphatic carbocycles. The Balaban J connectivity index is 0.00000450. The van der Waals surface area contributed by atoms with Crippen LogP contribution in [0.4, 0.5) is 17.6 Å². The molecule has 0 saturated carbocycles. The lowest BCUT2D eigenvalue weighted by molar-refractivity contribution is -0.153. The number of nitrogens with zero attached hydrogens (tertiary/aromatic N) is 1. The Bertz CT molecular complexity index is 912. The maximum atomic E-state index is 13.2. The summed E-state index contributed by atoms with van der Waals surface area (Å²) >= 11 is 0. The number of hydrogen-bond acceptors (Lipinski definition) is 5. The van der Waals surface area contributed by atoms with Crippen LogP contribution in [0, 0.1) is 5.82 Å². The molecule has 30 heavy (non-hydrogen) atoms. The van der Waals surface area contributed by atoms with E-state index in [-0.39, 0.29) is 24.1 Å². The Labute approximate surface area is 178 Å². The van der Waals surface area contributed by atoms with Crippen molar-refractivity contribution in [3.05, 3.63) is 59.7 Å². The van der Waals surface area contributed by atoms with E-state index in [4.69, 9.17) is 4.74 Å². The molecular formula is C18H22ClF4N3O3S. The van der Waals surface area contributed by atoms with E-state index in [0.29, 0.717) is 30.7 Å². The third-order valence-corrected chi connectivity index (χ3v) is 4.41. The van der Waals surface area contributed by atoms with Crippen LogP contribution < -0.4 is 14.8 Å². The van der Waals surface area contributed by atoms with Gasteiger partial charge in [0.05, 0.1) is 18.6 Å². The van der Waals surface area contributed by atoms with Gasteiger partial charge in [0.1, 0.15) is 23.7 Å². The number of alkyl halides is 3. The topological polar surface area (TPSA) is 80.3 Å². The highest BCUT2D eigenvalue weighted by Crippen LogP contribution is 2.33. The SMILES string of the molecule is CC(CNCc1ccc([C@H](NS(C)(=O)=O)C(F)(F)F)cc1)Oc1cncc(F)c1.Cl. The van der Waals surface area contributed by atoms with Crippen molar-refractivity contribution in [3.8, 4) is 5.75 Å². The molecule has 0 amide bonds. The molecule has 0 aliphatic rings. The van der Waals surface area contributed by atoms with Crippen LogP contribution in [-0.2, 0) is 16.6 Å². The molecule has 0 aliphatic heterocycles. The Kier molecular flexibility index (Phi) is 9.47. The summed E-state index contributed by atoms with van der Waals surface area (Å²) in [7, 11) is -4.04. The fourth-order valence-corrected chi connectivity index (χ4v) is 3.21. The van der Waals surface area contributed by atoms with Crippen LogP contribution in [0.25, 0.3) is 0 Å². The number of rotatable bonds is 9. The van der Waals surface area contributed by atoms with Gasteiger partial charge in [-0.15, -0.1) is 12.4 Å². The summed E-state index contributed by atoms with van der Waals surface area (Å²) in [5.41, 5.74) is 0.496. The number of hydrogen-bond donors (Lipinski definition) is 2. The molecule has 2 rings (SSSR count). The number of pyridine rings is 1. The van der Waals surface area contributed by atoms with Gasteiger partial charge in [0, 0.05) is 19.2 Å². The number of halogens is 5. The van der Waals surface area contributed by atoms with Crippen LogP contribution in [0.3, 0.4) is 0 Å². The smallest absolute Gasteiger partial charge is 0.408 e. The number of sulfonamides is 1. The molecule has 0 bridgehead atoms. The van der Waals surface area contributed by atoms with Crippen molar-refractivity contribution >= 4 is 22.4 Å². The summed E-state index contributed by atoms with van der Waals surface area (Å²) in [5.74, 6) is -0.217. The minimum absolute atomic E-state index is 0. The predicted octanol–water partition coefficient (Wildman–Crippen LogP) is 3.35. The Hall–Kier alpha value is -1.95. The van der Waals surface area contributed by atoms with E-state index in [0.717, 1.165) is 6.20 Å². The van der Waals surface area contributed by atoms with Gasteiger partial charge in [-0.1, -0.05) is 24.3 Å². The molecule has 2 atom stereocenters. The maximum absolute atomic E-state index is 13.2. The highest BCUT2D eigenvalue weighted by Gasteiger charge is 2.42. The second-order valence-corrected chi connectivity index (χ2v) is 8.28. The second-order valence-electron chi connectivity index (χ2n) is 6.50. The van der Waals surface area contributed by atoms with Crippen LogP contribution in [0.15, 0.2) is 42.7 Å². The lowest BCUT2D eigenvalue weighted by Crippen LogP contribution is -2.37. The zero-order valence-corrected chi connectivity index (χ0v) is 17.7. The summed E-state index contributed by atoms with van der Waals surface area (Å²) in [6, 6.07) is 4.31. The van der Waals surface area contributed by atoms with Crippen LogP contribution in [0.2, 0.25) is 0 Å². The first-order valence-corrected chi connectivity index (χ1v) is 10.4. The van der Waals surface area contributed by atoms with Gasteiger partial charge in [-0.3, -0.25) is 4.98 Å². The van der Waals surface area contributed by atoms with Crippen LogP contribution in [0.5, 0.6) is 5.75 Å². The van der Waals surface area contributed by atoms with Crippen molar-refractivity contribution in [1.82, 2.24) is 15.0 Å². The third kappa shape index (κ3) is 8.82.